The number of nitrogens with one attached hydrogen (secondary N) is 3. The number of carbonyl (C=O) groups is 2. The first-order chi connectivity index (χ1) is 20.6. The molecule has 2 aliphatic rings. The Balaban J connectivity index is 1.10. The first-order valence-electron chi connectivity index (χ1n) is 14.5. The molecule has 5 heterocycles. The second-order valence-electron chi connectivity index (χ2n) is 11.0. The van der Waals surface area contributed by atoms with Crippen LogP contribution in [0.1, 0.15) is 53.3 Å². The summed E-state index contributed by atoms with van der Waals surface area (Å²) in [6, 6.07) is 13.7. The minimum Gasteiger partial charge on any atom is -0.381 e. The number of aromatic nitrogens is 4. The summed E-state index contributed by atoms with van der Waals surface area (Å²) in [5.74, 6) is -0.0335. The van der Waals surface area contributed by atoms with Crippen molar-refractivity contribution in [2.45, 2.75) is 44.2 Å². The minimum absolute atomic E-state index is 0.100. The van der Waals surface area contributed by atoms with Crippen LogP contribution in [0.15, 0.2) is 67.6 Å². The maximum atomic E-state index is 13.1. The topological polar surface area (TPSA) is 125 Å². The van der Waals surface area contributed by atoms with E-state index >= 15 is 0 Å². The number of rotatable bonds is 8. The van der Waals surface area contributed by atoms with E-state index in [-0.39, 0.29) is 17.9 Å². The highest BCUT2D eigenvalue weighted by Gasteiger charge is 2.22. The predicted octanol–water partition coefficient (Wildman–Crippen LogP) is 4.43. The van der Waals surface area contributed by atoms with Crippen molar-refractivity contribution < 1.29 is 14.3 Å². The Morgan fingerprint density at radius 1 is 1.07 bits per heavy atom. The Kier molecular flexibility index (Phi) is 8.34. The lowest BCUT2D eigenvalue weighted by Crippen LogP contribution is -2.46. The Morgan fingerprint density at radius 2 is 1.90 bits per heavy atom. The summed E-state index contributed by atoms with van der Waals surface area (Å²) in [6.07, 6.45) is 8.48. The van der Waals surface area contributed by atoms with Crippen LogP contribution in [0.3, 0.4) is 0 Å². The van der Waals surface area contributed by atoms with Crippen molar-refractivity contribution >= 4 is 28.5 Å². The number of likely N-dealkylation sites (tertiary alicyclic amines) is 1. The third-order valence-corrected chi connectivity index (χ3v) is 8.02. The van der Waals surface area contributed by atoms with Crippen LogP contribution in [-0.2, 0) is 16.1 Å². The molecule has 10 heteroatoms. The average Bonchev–Trinajstić information content (AvgIpc) is 3.47. The van der Waals surface area contributed by atoms with Crippen LogP contribution >= 0.6 is 0 Å². The molecule has 0 saturated carbocycles. The fourth-order valence-corrected chi connectivity index (χ4v) is 5.87. The molecule has 0 radical (unpaired) electrons. The highest BCUT2D eigenvalue weighted by atomic mass is 16.5. The van der Waals surface area contributed by atoms with E-state index in [1.165, 1.54) is 6.08 Å². The lowest BCUT2D eigenvalue weighted by atomic mass is 9.94. The van der Waals surface area contributed by atoms with Gasteiger partial charge in [0.05, 0.1) is 5.69 Å². The van der Waals surface area contributed by atoms with Gasteiger partial charge in [0.15, 0.2) is 0 Å². The lowest BCUT2D eigenvalue weighted by molar-refractivity contribution is -0.117. The second-order valence-corrected chi connectivity index (χ2v) is 11.0. The van der Waals surface area contributed by atoms with Crippen LogP contribution in [0.5, 0.6) is 0 Å². The van der Waals surface area contributed by atoms with Crippen LogP contribution in [0.25, 0.3) is 22.3 Å². The molecule has 2 saturated heterocycles. The zero-order valence-electron chi connectivity index (χ0n) is 23.5. The van der Waals surface area contributed by atoms with E-state index < -0.39 is 0 Å². The van der Waals surface area contributed by atoms with Gasteiger partial charge < -0.3 is 20.4 Å². The highest BCUT2D eigenvalue weighted by molar-refractivity contribution is 6.03. The summed E-state index contributed by atoms with van der Waals surface area (Å²) in [5, 5.41) is 7.00. The number of nitrogens with zero attached hydrogens (tertiary/aromatic N) is 4. The van der Waals surface area contributed by atoms with Gasteiger partial charge in [0.25, 0.3) is 5.91 Å². The number of H-pyrrole nitrogens is 1. The fraction of sp³-hybridized carbons (Fsp3) is 0.344. The van der Waals surface area contributed by atoms with Gasteiger partial charge >= 0.3 is 0 Å². The SMILES string of the molecule is C=CC(=O)NC1CCCN(Cc2ccnc(C(=O)Nc3ccc(-c4cc5c(C6CCOCC6)ncnc5[nH]4)cc3)c2)C1. The molecule has 2 aliphatic heterocycles. The monoisotopic (exact) mass is 565 g/mol. The van der Waals surface area contributed by atoms with Gasteiger partial charge in [-0.3, -0.25) is 19.5 Å². The third-order valence-electron chi connectivity index (χ3n) is 8.02. The molecule has 4 aromatic rings. The standard InChI is InChI=1S/C32H35N7O3/c1-2-29(40)36-25-4-3-13-39(19-25)18-21-9-12-33-28(16-21)32(41)37-24-7-5-22(6-8-24)27-17-26-30(23-10-14-42-15-11-23)34-20-35-31(26)38-27/h2,5-9,12,16-17,20,23,25H,1,3-4,10-11,13-15,18-19H2,(H,36,40)(H,37,41)(H,34,35,38). The molecule has 3 aromatic heterocycles. The van der Waals surface area contributed by atoms with Gasteiger partial charge in [0, 0.05) is 61.2 Å². The van der Waals surface area contributed by atoms with Crippen LogP contribution in [0.2, 0.25) is 0 Å². The van der Waals surface area contributed by atoms with Crippen molar-refractivity contribution in [1.82, 2.24) is 30.2 Å². The molecule has 1 aromatic carbocycles. The fourth-order valence-electron chi connectivity index (χ4n) is 5.87. The molecule has 0 aliphatic carbocycles. The van der Waals surface area contributed by atoms with Crippen LogP contribution in [-0.4, -0.2) is 69.0 Å². The summed E-state index contributed by atoms with van der Waals surface area (Å²) in [5.41, 5.74) is 5.90. The molecular formula is C32H35N7O3. The normalized spacial score (nSPS) is 18.0. The average molecular weight is 566 g/mol. The van der Waals surface area contributed by atoms with Gasteiger partial charge in [-0.1, -0.05) is 18.7 Å². The maximum Gasteiger partial charge on any atom is 0.274 e. The van der Waals surface area contributed by atoms with Crippen molar-refractivity contribution in [1.29, 1.82) is 0 Å². The van der Waals surface area contributed by atoms with Crippen LogP contribution in [0.4, 0.5) is 5.69 Å². The molecule has 10 nitrogen and oxygen atoms in total. The van der Waals surface area contributed by atoms with Crippen molar-refractivity contribution in [2.75, 3.05) is 31.6 Å². The molecule has 2 fully saturated rings. The van der Waals surface area contributed by atoms with Gasteiger partial charge in [-0.15, -0.1) is 0 Å². The maximum absolute atomic E-state index is 13.1. The van der Waals surface area contributed by atoms with E-state index in [1.54, 1.807) is 12.5 Å². The zero-order valence-corrected chi connectivity index (χ0v) is 23.5. The highest BCUT2D eigenvalue weighted by Crippen LogP contribution is 2.32. The number of hydrogen-bond acceptors (Lipinski definition) is 7. The smallest absolute Gasteiger partial charge is 0.274 e. The van der Waals surface area contributed by atoms with E-state index in [0.717, 1.165) is 85.5 Å². The Morgan fingerprint density at radius 3 is 2.71 bits per heavy atom. The van der Waals surface area contributed by atoms with Crippen LogP contribution < -0.4 is 10.6 Å². The third kappa shape index (κ3) is 6.40. The zero-order chi connectivity index (χ0) is 28.9. The number of fused-ring (bicyclic) bond motifs is 1. The predicted molar refractivity (Wildman–Crippen MR) is 161 cm³/mol. The largest absolute Gasteiger partial charge is 0.381 e. The van der Waals surface area contributed by atoms with Crippen molar-refractivity contribution in [3.8, 4) is 11.3 Å². The van der Waals surface area contributed by atoms with E-state index in [4.69, 9.17) is 4.74 Å². The molecule has 2 amide bonds. The Hall–Kier alpha value is -4.41. The lowest BCUT2D eigenvalue weighted by Gasteiger charge is -2.33. The van der Waals surface area contributed by atoms with Crippen molar-refractivity contribution in [3.05, 3.63) is 84.6 Å². The van der Waals surface area contributed by atoms with Gasteiger partial charge in [0.1, 0.15) is 17.7 Å². The first-order valence-corrected chi connectivity index (χ1v) is 14.5. The Bertz CT molecular complexity index is 1580. The van der Waals surface area contributed by atoms with Crippen molar-refractivity contribution in [3.63, 3.8) is 0 Å². The number of ether oxygens (including phenoxy) is 1. The minimum atomic E-state index is -0.263. The number of hydrogen-bond donors (Lipinski definition) is 3. The quantitative estimate of drug-likeness (QED) is 0.270. The number of anilines is 1. The van der Waals surface area contributed by atoms with Gasteiger partial charge in [-0.2, -0.15) is 0 Å². The molecule has 216 valence electrons. The Labute approximate surface area is 244 Å². The van der Waals surface area contributed by atoms with E-state index in [1.807, 2.05) is 36.4 Å². The summed E-state index contributed by atoms with van der Waals surface area (Å²) in [4.78, 5) is 43.8. The summed E-state index contributed by atoms with van der Waals surface area (Å²) in [7, 11) is 0. The summed E-state index contributed by atoms with van der Waals surface area (Å²) >= 11 is 0. The molecular weight excluding hydrogens is 530 g/mol. The van der Waals surface area contributed by atoms with Gasteiger partial charge in [-0.05, 0) is 79.8 Å². The second kappa shape index (κ2) is 12.6. The number of benzene rings is 1. The molecule has 6 rings (SSSR count). The molecule has 42 heavy (non-hydrogen) atoms. The van der Waals surface area contributed by atoms with E-state index in [0.29, 0.717) is 23.8 Å². The van der Waals surface area contributed by atoms with Gasteiger partial charge in [0.2, 0.25) is 5.91 Å². The molecule has 1 unspecified atom stereocenters. The molecule has 3 N–H and O–H groups in total. The van der Waals surface area contributed by atoms with E-state index in [2.05, 4.69) is 48.1 Å². The number of pyridine rings is 1. The molecule has 1 atom stereocenters. The summed E-state index contributed by atoms with van der Waals surface area (Å²) in [6.45, 7) is 7.44. The van der Waals surface area contributed by atoms with Gasteiger partial charge in [-0.25, -0.2) is 9.97 Å². The molecule has 0 spiro atoms. The van der Waals surface area contributed by atoms with E-state index in [9.17, 15) is 9.59 Å². The first kappa shape index (κ1) is 27.7. The van der Waals surface area contributed by atoms with Crippen molar-refractivity contribution in [2.24, 2.45) is 0 Å². The number of carbonyl (C=O) groups excluding carboxylic acids is 2. The summed E-state index contributed by atoms with van der Waals surface area (Å²) < 4.78 is 5.53. The number of piperidine rings is 1. The number of amides is 2. The number of aromatic amines is 1. The molecule has 0 bridgehead atoms. The van der Waals surface area contributed by atoms with Crippen LogP contribution in [0, 0.1) is 0 Å².